The molecule has 0 aliphatic carbocycles. The van der Waals surface area contributed by atoms with E-state index in [1.165, 1.54) is 12.1 Å². The minimum atomic E-state index is -0.247. The molecule has 8 heteroatoms. The van der Waals surface area contributed by atoms with Gasteiger partial charge < -0.3 is 20.0 Å². The van der Waals surface area contributed by atoms with Crippen LogP contribution >= 0.6 is 0 Å². The van der Waals surface area contributed by atoms with Crippen molar-refractivity contribution < 1.29 is 9.18 Å². The van der Waals surface area contributed by atoms with Crippen molar-refractivity contribution >= 4 is 17.7 Å². The third kappa shape index (κ3) is 5.92. The van der Waals surface area contributed by atoms with Gasteiger partial charge in [0.25, 0.3) is 0 Å². The molecule has 0 unspecified atom stereocenters. The number of hydrogen-bond donors (Lipinski definition) is 1. The van der Waals surface area contributed by atoms with Gasteiger partial charge in [0.2, 0.25) is 5.91 Å². The van der Waals surface area contributed by atoms with Crippen LogP contribution in [-0.2, 0) is 11.3 Å². The van der Waals surface area contributed by atoms with Crippen molar-refractivity contribution in [2.24, 2.45) is 4.99 Å². The second-order valence-electron chi connectivity index (χ2n) is 7.26. The quantitative estimate of drug-likeness (QED) is 0.581. The molecule has 0 bridgehead atoms. The summed E-state index contributed by atoms with van der Waals surface area (Å²) >= 11 is 0. The van der Waals surface area contributed by atoms with Crippen molar-refractivity contribution in [1.82, 2.24) is 20.1 Å². The van der Waals surface area contributed by atoms with Crippen LogP contribution in [-0.4, -0.2) is 73.5 Å². The number of nitrogens with one attached hydrogen (secondary N) is 1. The highest BCUT2D eigenvalue weighted by Crippen LogP contribution is 2.13. The molecule has 30 heavy (non-hydrogen) atoms. The fourth-order valence-electron chi connectivity index (χ4n) is 3.49. The van der Waals surface area contributed by atoms with E-state index in [4.69, 9.17) is 0 Å². The number of guanidine groups is 1. The summed E-state index contributed by atoms with van der Waals surface area (Å²) < 4.78 is 13.1. The number of nitrogens with zero attached hydrogens (tertiary/aromatic N) is 5. The van der Waals surface area contributed by atoms with Gasteiger partial charge in [-0.1, -0.05) is 18.2 Å². The third-order valence-electron chi connectivity index (χ3n) is 5.13. The average molecular weight is 413 g/mol. The molecule has 3 rings (SSSR count). The van der Waals surface area contributed by atoms with E-state index < -0.39 is 0 Å². The zero-order valence-electron chi connectivity index (χ0n) is 17.6. The molecule has 160 valence electrons. The number of carbonyl (C=O) groups is 1. The first-order chi connectivity index (χ1) is 14.6. The summed E-state index contributed by atoms with van der Waals surface area (Å²) in [6.45, 7) is 4.10. The van der Waals surface area contributed by atoms with E-state index in [0.717, 1.165) is 24.5 Å². The smallest absolute Gasteiger partial charge is 0.224 e. The molecule has 1 aliphatic rings. The molecule has 0 saturated carbocycles. The molecule has 1 saturated heterocycles. The normalized spacial score (nSPS) is 14.6. The molecular formula is C22H29FN6O. The van der Waals surface area contributed by atoms with E-state index in [2.05, 4.69) is 20.2 Å². The van der Waals surface area contributed by atoms with Crippen molar-refractivity contribution in [2.75, 3.05) is 51.7 Å². The standard InChI is InChI=1S/C22H29FN6O/c1-24-22(27(2)17-18-6-8-19(23)9-7-18)26-12-10-21(30)29-15-13-28(14-16-29)20-5-3-4-11-25-20/h3-9,11H,10,12-17H2,1-2H3,(H,24,26). The fraction of sp³-hybridized carbons (Fsp3) is 0.409. The van der Waals surface area contributed by atoms with Crippen molar-refractivity contribution in [2.45, 2.75) is 13.0 Å². The molecule has 1 aliphatic heterocycles. The van der Waals surface area contributed by atoms with Crippen LogP contribution in [0.3, 0.4) is 0 Å². The molecule has 2 aromatic rings. The number of piperazine rings is 1. The number of amides is 1. The van der Waals surface area contributed by atoms with Gasteiger partial charge in [0.15, 0.2) is 5.96 Å². The maximum atomic E-state index is 13.1. The van der Waals surface area contributed by atoms with Gasteiger partial charge >= 0.3 is 0 Å². The summed E-state index contributed by atoms with van der Waals surface area (Å²) in [6.07, 6.45) is 2.20. The first-order valence-corrected chi connectivity index (χ1v) is 10.2. The summed E-state index contributed by atoms with van der Waals surface area (Å²) in [5.74, 6) is 1.55. The summed E-state index contributed by atoms with van der Waals surface area (Å²) in [5, 5.41) is 3.24. The van der Waals surface area contributed by atoms with Crippen LogP contribution in [0.1, 0.15) is 12.0 Å². The average Bonchev–Trinajstić information content (AvgIpc) is 2.78. The van der Waals surface area contributed by atoms with Gasteiger partial charge in [-0.05, 0) is 29.8 Å². The number of hydrogen-bond acceptors (Lipinski definition) is 4. The Morgan fingerprint density at radius 2 is 1.90 bits per heavy atom. The van der Waals surface area contributed by atoms with Gasteiger partial charge in [-0.15, -0.1) is 0 Å². The Morgan fingerprint density at radius 3 is 2.53 bits per heavy atom. The first-order valence-electron chi connectivity index (χ1n) is 10.2. The van der Waals surface area contributed by atoms with Gasteiger partial charge in [0.1, 0.15) is 11.6 Å². The minimum Gasteiger partial charge on any atom is -0.356 e. The Balaban J connectivity index is 1.40. The van der Waals surface area contributed by atoms with E-state index in [0.29, 0.717) is 38.6 Å². The fourth-order valence-corrected chi connectivity index (χ4v) is 3.49. The van der Waals surface area contributed by atoms with Crippen LogP contribution in [0.2, 0.25) is 0 Å². The lowest BCUT2D eigenvalue weighted by Crippen LogP contribution is -2.49. The minimum absolute atomic E-state index is 0.139. The van der Waals surface area contributed by atoms with Crippen molar-refractivity contribution in [3.05, 3.63) is 60.0 Å². The van der Waals surface area contributed by atoms with Gasteiger partial charge in [-0.25, -0.2) is 9.37 Å². The summed E-state index contributed by atoms with van der Waals surface area (Å²) in [5.41, 5.74) is 0.990. The molecular weight excluding hydrogens is 383 g/mol. The van der Waals surface area contributed by atoms with Crippen LogP contribution in [0.4, 0.5) is 10.2 Å². The highest BCUT2D eigenvalue weighted by Gasteiger charge is 2.21. The van der Waals surface area contributed by atoms with E-state index in [-0.39, 0.29) is 11.7 Å². The molecule has 7 nitrogen and oxygen atoms in total. The Hall–Kier alpha value is -3.16. The molecule has 1 fully saturated rings. The Morgan fingerprint density at radius 1 is 1.17 bits per heavy atom. The zero-order chi connectivity index (χ0) is 21.3. The van der Waals surface area contributed by atoms with Gasteiger partial charge in [-0.3, -0.25) is 9.79 Å². The molecule has 0 spiro atoms. The van der Waals surface area contributed by atoms with Gasteiger partial charge in [0.05, 0.1) is 0 Å². The Kier molecular flexibility index (Phi) is 7.59. The lowest BCUT2D eigenvalue weighted by molar-refractivity contribution is -0.131. The Labute approximate surface area is 177 Å². The van der Waals surface area contributed by atoms with Crippen LogP contribution in [0.25, 0.3) is 0 Å². The predicted octanol–water partition coefficient (Wildman–Crippen LogP) is 1.97. The number of benzene rings is 1. The van der Waals surface area contributed by atoms with Crippen molar-refractivity contribution in [1.29, 1.82) is 0 Å². The second kappa shape index (κ2) is 10.6. The molecule has 1 amide bonds. The molecule has 1 aromatic heterocycles. The molecule has 0 atom stereocenters. The van der Waals surface area contributed by atoms with Gasteiger partial charge in [-0.2, -0.15) is 0 Å². The summed E-state index contributed by atoms with van der Waals surface area (Å²) in [6, 6.07) is 12.3. The highest BCUT2D eigenvalue weighted by atomic mass is 19.1. The zero-order valence-corrected chi connectivity index (χ0v) is 17.6. The third-order valence-corrected chi connectivity index (χ3v) is 5.13. The monoisotopic (exact) mass is 412 g/mol. The highest BCUT2D eigenvalue weighted by molar-refractivity contribution is 5.81. The van der Waals surface area contributed by atoms with Crippen LogP contribution < -0.4 is 10.2 Å². The number of halogens is 1. The largest absolute Gasteiger partial charge is 0.356 e. The van der Waals surface area contributed by atoms with Crippen molar-refractivity contribution in [3.63, 3.8) is 0 Å². The van der Waals surface area contributed by atoms with E-state index in [1.54, 1.807) is 25.4 Å². The molecule has 1 aromatic carbocycles. The molecule has 0 radical (unpaired) electrons. The van der Waals surface area contributed by atoms with E-state index >= 15 is 0 Å². The lowest BCUT2D eigenvalue weighted by atomic mass is 10.2. The predicted molar refractivity (Wildman–Crippen MR) is 117 cm³/mol. The van der Waals surface area contributed by atoms with E-state index in [9.17, 15) is 9.18 Å². The maximum absolute atomic E-state index is 13.1. The molecule has 2 heterocycles. The van der Waals surface area contributed by atoms with Crippen molar-refractivity contribution in [3.8, 4) is 0 Å². The van der Waals surface area contributed by atoms with E-state index in [1.807, 2.05) is 35.0 Å². The Bertz CT molecular complexity index is 834. The second-order valence-corrected chi connectivity index (χ2v) is 7.26. The SMILES string of the molecule is CN=C(NCCC(=O)N1CCN(c2ccccn2)CC1)N(C)Cc1ccc(F)cc1. The number of carbonyl (C=O) groups excluding carboxylic acids is 1. The van der Waals surface area contributed by atoms with Crippen LogP contribution in [0.5, 0.6) is 0 Å². The molecule has 1 N–H and O–H groups in total. The van der Waals surface area contributed by atoms with Gasteiger partial charge in [0, 0.05) is 66.0 Å². The maximum Gasteiger partial charge on any atom is 0.224 e. The summed E-state index contributed by atoms with van der Waals surface area (Å²) in [7, 11) is 3.62. The topological polar surface area (TPSA) is 64.1 Å². The number of pyridine rings is 1. The first kappa shape index (κ1) is 21.5. The number of rotatable bonds is 6. The van der Waals surface area contributed by atoms with Crippen LogP contribution in [0.15, 0.2) is 53.7 Å². The summed E-state index contributed by atoms with van der Waals surface area (Å²) in [4.78, 5) is 27.3. The van der Waals surface area contributed by atoms with Crippen LogP contribution in [0, 0.1) is 5.82 Å². The number of aromatic nitrogens is 1. The lowest BCUT2D eigenvalue weighted by Gasteiger charge is -2.35. The number of anilines is 1. The number of aliphatic imine (C=N–C) groups is 1.